The number of aromatic nitrogens is 1. The van der Waals surface area contributed by atoms with Gasteiger partial charge in [-0.3, -0.25) is 14.7 Å². The fourth-order valence-electron chi connectivity index (χ4n) is 4.22. The van der Waals surface area contributed by atoms with Crippen molar-refractivity contribution in [2.75, 3.05) is 16.8 Å². The summed E-state index contributed by atoms with van der Waals surface area (Å²) >= 11 is 0. The number of hydrogen-bond acceptors (Lipinski definition) is 5. The Morgan fingerprint density at radius 1 is 0.881 bits per heavy atom. The Morgan fingerprint density at radius 3 is 2.12 bits per heavy atom. The molecular formula is C33H34N4O5. The molecule has 4 aromatic rings. The van der Waals surface area contributed by atoms with E-state index in [4.69, 9.17) is 5.11 Å². The molecule has 0 saturated carbocycles. The minimum absolute atomic E-state index is 0.0431. The Kier molecular flexibility index (Phi) is 9.34. The molecule has 0 saturated heterocycles. The fourth-order valence-corrected chi connectivity index (χ4v) is 4.22. The van der Waals surface area contributed by atoms with Crippen LogP contribution in [0.4, 0.5) is 16.2 Å². The minimum Gasteiger partial charge on any atom is -0.479 e. The van der Waals surface area contributed by atoms with E-state index >= 15 is 0 Å². The van der Waals surface area contributed by atoms with Crippen LogP contribution in [0.15, 0.2) is 97.3 Å². The van der Waals surface area contributed by atoms with E-state index in [1.165, 1.54) is 0 Å². The van der Waals surface area contributed by atoms with E-state index in [0.717, 1.165) is 22.3 Å². The normalized spacial score (nSPS) is 11.8. The van der Waals surface area contributed by atoms with Gasteiger partial charge in [0.2, 0.25) is 0 Å². The van der Waals surface area contributed by atoms with Crippen molar-refractivity contribution in [3.8, 4) is 11.1 Å². The molecule has 1 atom stereocenters. The van der Waals surface area contributed by atoms with E-state index in [9.17, 15) is 19.5 Å². The van der Waals surface area contributed by atoms with Crippen LogP contribution in [-0.2, 0) is 16.8 Å². The number of hydrogen-bond donors (Lipinski definition) is 4. The Hall–Kier alpha value is -5.02. The Balaban J connectivity index is 1.52. The van der Waals surface area contributed by atoms with E-state index in [2.05, 4.69) is 36.4 Å². The predicted octanol–water partition coefficient (Wildman–Crippen LogP) is 5.46. The van der Waals surface area contributed by atoms with Gasteiger partial charge in [-0.25, -0.2) is 9.59 Å². The Morgan fingerprint density at radius 2 is 1.55 bits per heavy atom. The molecule has 3 aromatic carbocycles. The largest absolute Gasteiger partial charge is 0.479 e. The molecule has 0 unspecified atom stereocenters. The third-order valence-electron chi connectivity index (χ3n) is 6.72. The number of rotatable bonds is 9. The van der Waals surface area contributed by atoms with Gasteiger partial charge in [0, 0.05) is 29.3 Å². The summed E-state index contributed by atoms with van der Waals surface area (Å²) in [7, 11) is 0. The molecule has 9 nitrogen and oxygen atoms in total. The molecule has 3 amide bonds. The first-order valence-corrected chi connectivity index (χ1v) is 13.5. The monoisotopic (exact) mass is 566 g/mol. The van der Waals surface area contributed by atoms with Crippen molar-refractivity contribution in [3.05, 3.63) is 114 Å². The highest BCUT2D eigenvalue weighted by molar-refractivity contribution is 6.02. The summed E-state index contributed by atoms with van der Waals surface area (Å²) in [6.07, 6.45) is 1.82. The lowest BCUT2D eigenvalue weighted by atomic mass is 9.87. The first-order chi connectivity index (χ1) is 20.0. The van der Waals surface area contributed by atoms with Crippen LogP contribution in [0.2, 0.25) is 0 Å². The maximum absolute atomic E-state index is 13.6. The highest BCUT2D eigenvalue weighted by atomic mass is 16.4. The van der Waals surface area contributed by atoms with E-state index in [-0.39, 0.29) is 18.0 Å². The molecule has 4 rings (SSSR count). The number of carboxylic acid groups (broad SMARTS) is 1. The smallest absolute Gasteiger partial charge is 0.334 e. The number of carboxylic acids is 1. The lowest BCUT2D eigenvalue weighted by Gasteiger charge is -2.25. The quantitative estimate of drug-likeness (QED) is 0.213. The number of amides is 3. The van der Waals surface area contributed by atoms with Crippen molar-refractivity contribution in [1.82, 2.24) is 10.3 Å². The number of nitrogens with one attached hydrogen (secondary N) is 2. The van der Waals surface area contributed by atoms with E-state index in [0.29, 0.717) is 16.9 Å². The first-order valence-electron chi connectivity index (χ1n) is 13.5. The number of aliphatic hydroxyl groups is 1. The molecule has 42 heavy (non-hydrogen) atoms. The first kappa shape index (κ1) is 30.0. The van der Waals surface area contributed by atoms with E-state index < -0.39 is 24.5 Å². The molecule has 0 aliphatic carbocycles. The van der Waals surface area contributed by atoms with Crippen LogP contribution in [-0.4, -0.2) is 45.8 Å². The highest BCUT2D eigenvalue weighted by Crippen LogP contribution is 2.27. The summed E-state index contributed by atoms with van der Waals surface area (Å²) in [6, 6.07) is 25.6. The Labute approximate surface area is 244 Å². The lowest BCUT2D eigenvalue weighted by Crippen LogP contribution is -2.36. The van der Waals surface area contributed by atoms with Gasteiger partial charge >= 0.3 is 12.0 Å². The second-order valence-electron chi connectivity index (χ2n) is 10.9. The minimum atomic E-state index is -1.68. The van der Waals surface area contributed by atoms with Gasteiger partial charge in [-0.05, 0) is 70.1 Å². The number of benzene rings is 3. The van der Waals surface area contributed by atoms with Crippen molar-refractivity contribution in [2.24, 2.45) is 0 Å². The molecule has 1 heterocycles. The summed E-state index contributed by atoms with van der Waals surface area (Å²) in [6.45, 7) is 6.21. The van der Waals surface area contributed by atoms with Gasteiger partial charge in [-0.15, -0.1) is 0 Å². The number of carbonyl (C=O) groups excluding carboxylic acids is 2. The van der Waals surface area contributed by atoms with Crippen LogP contribution in [0.5, 0.6) is 0 Å². The molecular weight excluding hydrogens is 532 g/mol. The highest BCUT2D eigenvalue weighted by Gasteiger charge is 2.20. The molecule has 0 spiro atoms. The average molecular weight is 567 g/mol. The van der Waals surface area contributed by atoms with E-state index in [1.54, 1.807) is 41.6 Å². The van der Waals surface area contributed by atoms with Gasteiger partial charge in [-0.2, -0.15) is 0 Å². The molecule has 0 fully saturated rings. The van der Waals surface area contributed by atoms with Crippen LogP contribution in [0, 0.1) is 0 Å². The zero-order valence-electron chi connectivity index (χ0n) is 23.7. The summed E-state index contributed by atoms with van der Waals surface area (Å²) < 4.78 is 0. The maximum atomic E-state index is 13.6. The zero-order valence-corrected chi connectivity index (χ0v) is 23.7. The molecule has 0 aliphatic heterocycles. The van der Waals surface area contributed by atoms with Crippen LogP contribution >= 0.6 is 0 Å². The summed E-state index contributed by atoms with van der Waals surface area (Å²) in [5.74, 6) is -1.92. The molecule has 0 aliphatic rings. The van der Waals surface area contributed by atoms with Crippen LogP contribution < -0.4 is 15.5 Å². The third kappa shape index (κ3) is 7.80. The molecule has 0 radical (unpaired) electrons. The van der Waals surface area contributed by atoms with Gasteiger partial charge < -0.3 is 20.8 Å². The number of urea groups is 1. The topological polar surface area (TPSA) is 132 Å². The van der Waals surface area contributed by atoms with E-state index in [1.807, 2.05) is 60.7 Å². The van der Waals surface area contributed by atoms with Gasteiger partial charge in [0.25, 0.3) is 5.91 Å². The average Bonchev–Trinajstić information content (AvgIpc) is 2.99. The molecule has 9 heteroatoms. The van der Waals surface area contributed by atoms with Crippen LogP contribution in [0.3, 0.4) is 0 Å². The van der Waals surface area contributed by atoms with Crippen molar-refractivity contribution in [1.29, 1.82) is 0 Å². The maximum Gasteiger partial charge on any atom is 0.334 e. The predicted molar refractivity (Wildman–Crippen MR) is 162 cm³/mol. The lowest BCUT2D eigenvalue weighted by molar-refractivity contribution is -0.146. The second-order valence-corrected chi connectivity index (χ2v) is 10.9. The molecule has 1 aromatic heterocycles. The van der Waals surface area contributed by atoms with Gasteiger partial charge in [0.15, 0.2) is 6.10 Å². The number of pyridine rings is 1. The standard InChI is InChI=1S/C33H34N4O5/c1-33(2,3)26-12-16-28(17-13-26)37(21-22-6-8-24(9-7-22)30(39)35-20-29(38)31(40)41)32(42)36-27-14-10-23(11-15-27)25-5-4-18-34-19-25/h4-19,29,38H,20-21H2,1-3H3,(H,35,39)(H,36,42)(H,40,41)/t29-/m1/s1. The van der Waals surface area contributed by atoms with Gasteiger partial charge in [-0.1, -0.05) is 63.2 Å². The van der Waals surface area contributed by atoms with Crippen molar-refractivity contribution in [2.45, 2.75) is 38.8 Å². The second kappa shape index (κ2) is 13.1. The number of anilines is 2. The number of carbonyl (C=O) groups is 3. The number of aliphatic carboxylic acids is 1. The third-order valence-corrected chi connectivity index (χ3v) is 6.72. The summed E-state index contributed by atoms with van der Waals surface area (Å²) in [5.41, 5.74) is 5.48. The van der Waals surface area contributed by atoms with Crippen LogP contribution in [0.1, 0.15) is 42.3 Å². The summed E-state index contributed by atoms with van der Waals surface area (Å²) in [5, 5.41) is 23.6. The zero-order chi connectivity index (χ0) is 30.3. The fraction of sp³-hybridized carbons (Fsp3) is 0.212. The SMILES string of the molecule is CC(C)(C)c1ccc(N(Cc2ccc(C(=O)NC[C@@H](O)C(=O)O)cc2)C(=O)Nc2ccc(-c3cccnc3)cc2)cc1. The van der Waals surface area contributed by atoms with Crippen molar-refractivity contribution < 1.29 is 24.6 Å². The van der Waals surface area contributed by atoms with Gasteiger partial charge in [0.1, 0.15) is 0 Å². The molecule has 216 valence electrons. The van der Waals surface area contributed by atoms with Gasteiger partial charge in [0.05, 0.1) is 13.1 Å². The van der Waals surface area contributed by atoms with Crippen molar-refractivity contribution >= 4 is 29.3 Å². The summed E-state index contributed by atoms with van der Waals surface area (Å²) in [4.78, 5) is 42.5. The molecule has 4 N–H and O–H groups in total. The number of nitrogens with zero attached hydrogens (tertiary/aromatic N) is 2. The van der Waals surface area contributed by atoms with Crippen LogP contribution in [0.25, 0.3) is 11.1 Å². The Bertz CT molecular complexity index is 1510. The van der Waals surface area contributed by atoms with Crippen molar-refractivity contribution in [3.63, 3.8) is 0 Å². The molecule has 0 bridgehead atoms. The number of aliphatic hydroxyl groups excluding tert-OH is 1.